The number of ether oxygens (including phenoxy) is 1. The highest BCUT2D eigenvalue weighted by molar-refractivity contribution is 6.34. The van der Waals surface area contributed by atoms with Crippen LogP contribution in [0.4, 0.5) is 10.1 Å². The van der Waals surface area contributed by atoms with E-state index in [-0.39, 0.29) is 22.6 Å². The molecule has 0 aliphatic carbocycles. The first-order valence-electron chi connectivity index (χ1n) is 8.64. The van der Waals surface area contributed by atoms with Gasteiger partial charge in [-0.1, -0.05) is 24.6 Å². The summed E-state index contributed by atoms with van der Waals surface area (Å²) < 4.78 is 19.3. The Morgan fingerprint density at radius 3 is 2.85 bits per heavy atom. The van der Waals surface area contributed by atoms with Gasteiger partial charge in [0.25, 0.3) is 5.91 Å². The molecule has 1 N–H and O–H groups in total. The summed E-state index contributed by atoms with van der Waals surface area (Å²) in [6.45, 7) is 4.20. The minimum absolute atomic E-state index is 0.0788. The molecule has 1 aliphatic rings. The quantitative estimate of drug-likeness (QED) is 0.857. The van der Waals surface area contributed by atoms with Crippen LogP contribution in [0.2, 0.25) is 5.02 Å². The molecule has 0 saturated carbocycles. The number of hydrogen-bond donors (Lipinski definition) is 1. The van der Waals surface area contributed by atoms with Crippen LogP contribution in [0.25, 0.3) is 0 Å². The van der Waals surface area contributed by atoms with E-state index >= 15 is 0 Å². The van der Waals surface area contributed by atoms with Crippen LogP contribution < -0.4 is 10.1 Å². The van der Waals surface area contributed by atoms with Gasteiger partial charge in [-0.05, 0) is 43.8 Å². The molecule has 1 aliphatic heterocycles. The van der Waals surface area contributed by atoms with Gasteiger partial charge >= 0.3 is 0 Å². The third kappa shape index (κ3) is 4.54. The lowest BCUT2D eigenvalue weighted by molar-refractivity contribution is 0.0640. The lowest BCUT2D eigenvalue weighted by Gasteiger charge is -2.34. The first kappa shape index (κ1) is 18.7. The van der Waals surface area contributed by atoms with Gasteiger partial charge < -0.3 is 15.0 Å². The molecule has 1 saturated heterocycles. The second kappa shape index (κ2) is 8.06. The van der Waals surface area contributed by atoms with Crippen molar-refractivity contribution in [2.75, 3.05) is 25.5 Å². The minimum Gasteiger partial charge on any atom is -0.490 e. The van der Waals surface area contributed by atoms with Crippen molar-refractivity contribution in [1.82, 2.24) is 4.90 Å². The topological polar surface area (TPSA) is 41.6 Å². The molecular weight excluding hydrogens is 355 g/mol. The highest BCUT2D eigenvalue weighted by Gasteiger charge is 2.25. The number of anilines is 1. The normalized spacial score (nSPS) is 20.6. The Morgan fingerprint density at radius 2 is 2.12 bits per heavy atom. The van der Waals surface area contributed by atoms with E-state index in [0.29, 0.717) is 11.6 Å². The van der Waals surface area contributed by atoms with E-state index < -0.39 is 5.82 Å². The summed E-state index contributed by atoms with van der Waals surface area (Å²) >= 11 is 5.95. The van der Waals surface area contributed by atoms with Crippen molar-refractivity contribution >= 4 is 23.2 Å². The maximum absolute atomic E-state index is 13.1. The van der Waals surface area contributed by atoms with Crippen LogP contribution in [0.15, 0.2) is 42.5 Å². The number of nitrogens with zero attached hydrogens (tertiary/aromatic N) is 1. The first-order valence-corrected chi connectivity index (χ1v) is 9.02. The second-order valence-corrected chi connectivity index (χ2v) is 7.20. The molecule has 138 valence electrons. The maximum Gasteiger partial charge on any atom is 0.257 e. The predicted octanol–water partition coefficient (Wildman–Crippen LogP) is 4.45. The van der Waals surface area contributed by atoms with Crippen molar-refractivity contribution < 1.29 is 13.9 Å². The Labute approximate surface area is 157 Å². The average Bonchev–Trinajstić information content (AvgIpc) is 2.57. The smallest absolute Gasteiger partial charge is 0.257 e. The van der Waals surface area contributed by atoms with Crippen LogP contribution in [-0.4, -0.2) is 37.0 Å². The third-order valence-corrected chi connectivity index (χ3v) is 4.90. The van der Waals surface area contributed by atoms with Gasteiger partial charge in [0.1, 0.15) is 17.7 Å². The van der Waals surface area contributed by atoms with Crippen LogP contribution in [-0.2, 0) is 0 Å². The molecular formula is C20H22ClFN2O2. The molecule has 26 heavy (non-hydrogen) atoms. The molecule has 4 nitrogen and oxygen atoms in total. The molecule has 6 heteroatoms. The predicted molar refractivity (Wildman–Crippen MR) is 101 cm³/mol. The second-order valence-electron chi connectivity index (χ2n) is 6.79. The van der Waals surface area contributed by atoms with Gasteiger partial charge in [0.2, 0.25) is 0 Å². The number of nitrogens with one attached hydrogen (secondary N) is 1. The maximum atomic E-state index is 13.1. The molecule has 1 amide bonds. The zero-order chi connectivity index (χ0) is 18.7. The zero-order valence-electron chi connectivity index (χ0n) is 14.8. The lowest BCUT2D eigenvalue weighted by Crippen LogP contribution is -2.42. The number of benzene rings is 2. The van der Waals surface area contributed by atoms with E-state index in [4.69, 9.17) is 16.3 Å². The summed E-state index contributed by atoms with van der Waals surface area (Å²) in [4.78, 5) is 14.7. The SMILES string of the molecule is C[C@H]1CN(C)CC[C@@H]1Oc1cccc(NC(=O)c2ccc(F)cc2Cl)c1. The van der Waals surface area contributed by atoms with Crippen LogP contribution in [0.5, 0.6) is 5.75 Å². The molecule has 2 aromatic carbocycles. The highest BCUT2D eigenvalue weighted by atomic mass is 35.5. The molecule has 0 unspecified atom stereocenters. The van der Waals surface area contributed by atoms with Crippen LogP contribution in [0, 0.1) is 11.7 Å². The van der Waals surface area contributed by atoms with E-state index in [0.717, 1.165) is 31.3 Å². The van der Waals surface area contributed by atoms with Gasteiger partial charge in [-0.15, -0.1) is 0 Å². The van der Waals surface area contributed by atoms with Crippen molar-refractivity contribution in [3.8, 4) is 5.75 Å². The summed E-state index contributed by atoms with van der Waals surface area (Å²) in [6.07, 6.45) is 1.13. The summed E-state index contributed by atoms with van der Waals surface area (Å²) in [5.41, 5.74) is 0.830. The number of piperidine rings is 1. The van der Waals surface area contributed by atoms with E-state index in [9.17, 15) is 9.18 Å². The Balaban J connectivity index is 1.68. The van der Waals surface area contributed by atoms with Crippen molar-refractivity contribution in [3.63, 3.8) is 0 Å². The Kier molecular flexibility index (Phi) is 5.79. The fourth-order valence-electron chi connectivity index (χ4n) is 3.20. The summed E-state index contributed by atoms with van der Waals surface area (Å²) in [5, 5.41) is 2.86. The molecule has 1 fully saturated rings. The van der Waals surface area contributed by atoms with Gasteiger partial charge in [0, 0.05) is 30.8 Å². The monoisotopic (exact) mass is 376 g/mol. The van der Waals surface area contributed by atoms with Gasteiger partial charge in [0.05, 0.1) is 10.6 Å². The van der Waals surface area contributed by atoms with Crippen LogP contribution in [0.1, 0.15) is 23.7 Å². The summed E-state index contributed by atoms with van der Waals surface area (Å²) in [7, 11) is 2.11. The lowest BCUT2D eigenvalue weighted by atomic mass is 9.97. The molecule has 0 bridgehead atoms. The largest absolute Gasteiger partial charge is 0.490 e. The van der Waals surface area contributed by atoms with Crippen molar-refractivity contribution in [1.29, 1.82) is 0 Å². The molecule has 0 aromatic heterocycles. The number of amides is 1. The average molecular weight is 377 g/mol. The van der Waals surface area contributed by atoms with Crippen molar-refractivity contribution in [3.05, 3.63) is 58.9 Å². The molecule has 0 spiro atoms. The Bertz CT molecular complexity index is 799. The van der Waals surface area contributed by atoms with Crippen LogP contribution in [0.3, 0.4) is 0 Å². The molecule has 2 atom stereocenters. The molecule has 3 rings (SSSR count). The number of halogens is 2. The fourth-order valence-corrected chi connectivity index (χ4v) is 3.45. The van der Waals surface area contributed by atoms with Gasteiger partial charge in [-0.25, -0.2) is 4.39 Å². The van der Waals surface area contributed by atoms with Gasteiger partial charge in [0.15, 0.2) is 0 Å². The molecule has 2 aromatic rings. The Morgan fingerprint density at radius 1 is 1.31 bits per heavy atom. The summed E-state index contributed by atoms with van der Waals surface area (Å²) in [5.74, 6) is 0.286. The number of hydrogen-bond acceptors (Lipinski definition) is 3. The van der Waals surface area contributed by atoms with E-state index in [1.165, 1.54) is 12.1 Å². The molecule has 1 heterocycles. The fraction of sp³-hybridized carbons (Fsp3) is 0.350. The standard InChI is InChI=1S/C20H22ClFN2O2/c1-13-12-24(2)9-8-19(13)26-16-5-3-4-15(11-16)23-20(25)17-7-6-14(22)10-18(17)21/h3-7,10-11,13,19H,8-9,12H2,1-2H3,(H,23,25)/t13-,19-/m0/s1. The number of carbonyl (C=O) groups excluding carboxylic acids is 1. The van der Waals surface area contributed by atoms with Gasteiger partial charge in [-0.2, -0.15) is 0 Å². The number of carbonyl (C=O) groups is 1. The number of likely N-dealkylation sites (tertiary alicyclic amines) is 1. The molecule has 0 radical (unpaired) electrons. The van der Waals surface area contributed by atoms with E-state index in [1.54, 1.807) is 12.1 Å². The Hall–Kier alpha value is -2.11. The highest BCUT2D eigenvalue weighted by Crippen LogP contribution is 2.25. The van der Waals surface area contributed by atoms with Crippen LogP contribution >= 0.6 is 11.6 Å². The van der Waals surface area contributed by atoms with Crippen molar-refractivity contribution in [2.45, 2.75) is 19.4 Å². The summed E-state index contributed by atoms with van der Waals surface area (Å²) in [6, 6.07) is 11.0. The van der Waals surface area contributed by atoms with Crippen molar-refractivity contribution in [2.24, 2.45) is 5.92 Å². The zero-order valence-corrected chi connectivity index (χ0v) is 15.6. The minimum atomic E-state index is -0.478. The first-order chi connectivity index (χ1) is 12.4. The third-order valence-electron chi connectivity index (χ3n) is 4.58. The number of rotatable bonds is 4. The van der Waals surface area contributed by atoms with E-state index in [1.807, 2.05) is 12.1 Å². The van der Waals surface area contributed by atoms with Gasteiger partial charge in [-0.3, -0.25) is 4.79 Å². The van der Waals surface area contributed by atoms with E-state index in [2.05, 4.69) is 24.2 Å².